The van der Waals surface area contributed by atoms with Crippen molar-refractivity contribution < 1.29 is 9.47 Å². The van der Waals surface area contributed by atoms with Gasteiger partial charge in [0.25, 0.3) is 0 Å². The second kappa shape index (κ2) is 9.67. The Morgan fingerprint density at radius 1 is 0.913 bits per heavy atom. The van der Waals surface area contributed by atoms with Crippen LogP contribution in [0.15, 0.2) is 30.3 Å². The third-order valence-corrected chi connectivity index (χ3v) is 4.28. The van der Waals surface area contributed by atoms with Gasteiger partial charge in [0.05, 0.1) is 13.2 Å². The van der Waals surface area contributed by atoms with Crippen molar-refractivity contribution in [1.29, 1.82) is 0 Å². The maximum Gasteiger partial charge on any atom is 0.122 e. The van der Waals surface area contributed by atoms with Crippen LogP contribution >= 0.6 is 11.6 Å². The Morgan fingerprint density at radius 3 is 2.52 bits per heavy atom. The van der Waals surface area contributed by atoms with Gasteiger partial charge in [-0.05, 0) is 54.3 Å². The number of hydrogen-bond acceptors (Lipinski definition) is 2. The predicted molar refractivity (Wildman–Crippen MR) is 99.2 cm³/mol. The molecule has 23 heavy (non-hydrogen) atoms. The third-order valence-electron chi connectivity index (χ3n) is 4.01. The van der Waals surface area contributed by atoms with E-state index in [4.69, 9.17) is 21.1 Å². The molecule has 2 aromatic carbocycles. The minimum Gasteiger partial charge on any atom is -0.494 e. The Bertz CT molecular complexity index is 610. The van der Waals surface area contributed by atoms with Gasteiger partial charge in [-0.2, -0.15) is 0 Å². The van der Waals surface area contributed by atoms with Crippen molar-refractivity contribution in [2.45, 2.75) is 46.0 Å². The van der Waals surface area contributed by atoms with Crippen molar-refractivity contribution >= 4 is 22.4 Å². The highest BCUT2D eigenvalue weighted by molar-refractivity contribution is 6.17. The number of benzene rings is 2. The van der Waals surface area contributed by atoms with Gasteiger partial charge < -0.3 is 9.47 Å². The predicted octanol–water partition coefficient (Wildman–Crippen LogP) is 6.12. The van der Waals surface area contributed by atoms with Crippen LogP contribution in [0.1, 0.15) is 44.6 Å². The number of alkyl halides is 1. The SMILES string of the molecule is CCCCCCOc1ccc2cc(OCCCCl)ccc2c1C. The molecule has 0 radical (unpaired) electrons. The van der Waals surface area contributed by atoms with E-state index in [1.807, 2.05) is 6.07 Å². The molecule has 0 aliphatic carbocycles. The van der Waals surface area contributed by atoms with Gasteiger partial charge in [-0.1, -0.05) is 38.3 Å². The molecule has 2 aromatic rings. The van der Waals surface area contributed by atoms with Crippen molar-refractivity contribution in [1.82, 2.24) is 0 Å². The highest BCUT2D eigenvalue weighted by atomic mass is 35.5. The molecule has 0 heterocycles. The molecular weight excluding hydrogens is 308 g/mol. The number of hydrogen-bond donors (Lipinski definition) is 0. The topological polar surface area (TPSA) is 18.5 Å². The lowest BCUT2D eigenvalue weighted by atomic mass is 10.0. The van der Waals surface area contributed by atoms with E-state index in [9.17, 15) is 0 Å². The number of aryl methyl sites for hydroxylation is 1. The molecule has 0 aromatic heterocycles. The quantitative estimate of drug-likeness (QED) is 0.385. The molecule has 0 amide bonds. The van der Waals surface area contributed by atoms with Crippen LogP contribution in [-0.4, -0.2) is 19.1 Å². The first-order valence-electron chi connectivity index (χ1n) is 8.61. The second-order valence-corrected chi connectivity index (χ2v) is 6.25. The molecule has 0 spiro atoms. The van der Waals surface area contributed by atoms with E-state index in [0.717, 1.165) is 30.9 Å². The van der Waals surface area contributed by atoms with Crippen molar-refractivity contribution in [3.8, 4) is 11.5 Å². The smallest absolute Gasteiger partial charge is 0.122 e. The molecule has 126 valence electrons. The van der Waals surface area contributed by atoms with Crippen LogP contribution in [0.2, 0.25) is 0 Å². The van der Waals surface area contributed by atoms with E-state index in [-0.39, 0.29) is 0 Å². The van der Waals surface area contributed by atoms with Gasteiger partial charge in [0.15, 0.2) is 0 Å². The summed E-state index contributed by atoms with van der Waals surface area (Å²) >= 11 is 5.68. The van der Waals surface area contributed by atoms with Crippen LogP contribution in [0.25, 0.3) is 10.8 Å². The minimum absolute atomic E-state index is 0.631. The summed E-state index contributed by atoms with van der Waals surface area (Å²) < 4.78 is 11.7. The first-order chi connectivity index (χ1) is 11.3. The zero-order valence-electron chi connectivity index (χ0n) is 14.2. The monoisotopic (exact) mass is 334 g/mol. The minimum atomic E-state index is 0.631. The Morgan fingerprint density at radius 2 is 1.74 bits per heavy atom. The number of rotatable bonds is 10. The highest BCUT2D eigenvalue weighted by Crippen LogP contribution is 2.30. The van der Waals surface area contributed by atoms with Gasteiger partial charge >= 0.3 is 0 Å². The number of fused-ring (bicyclic) bond motifs is 1. The summed E-state index contributed by atoms with van der Waals surface area (Å²) in [6, 6.07) is 10.4. The van der Waals surface area contributed by atoms with Gasteiger partial charge in [0, 0.05) is 5.88 Å². The van der Waals surface area contributed by atoms with Gasteiger partial charge in [0.1, 0.15) is 11.5 Å². The summed E-state index contributed by atoms with van der Waals surface area (Å²) in [5, 5.41) is 2.41. The van der Waals surface area contributed by atoms with Gasteiger partial charge in [-0.3, -0.25) is 0 Å². The summed E-state index contributed by atoms with van der Waals surface area (Å²) in [5.74, 6) is 2.52. The molecule has 0 aliphatic rings. The van der Waals surface area contributed by atoms with E-state index in [0.29, 0.717) is 12.5 Å². The number of halogens is 1. The summed E-state index contributed by atoms with van der Waals surface area (Å²) in [4.78, 5) is 0. The molecule has 0 saturated carbocycles. The summed E-state index contributed by atoms with van der Waals surface area (Å²) in [5.41, 5.74) is 1.20. The Hall–Kier alpha value is -1.41. The van der Waals surface area contributed by atoms with Crippen molar-refractivity contribution in [3.05, 3.63) is 35.9 Å². The van der Waals surface area contributed by atoms with E-state index in [2.05, 4.69) is 38.1 Å². The lowest BCUT2D eigenvalue weighted by molar-refractivity contribution is 0.303. The zero-order chi connectivity index (χ0) is 16.5. The third kappa shape index (κ3) is 5.31. The molecular formula is C20H27ClO2. The Labute approximate surface area is 144 Å². The van der Waals surface area contributed by atoms with E-state index in [1.54, 1.807) is 0 Å². The fourth-order valence-corrected chi connectivity index (χ4v) is 2.75. The van der Waals surface area contributed by atoms with Crippen molar-refractivity contribution in [2.75, 3.05) is 19.1 Å². The Balaban J connectivity index is 2.02. The van der Waals surface area contributed by atoms with E-state index < -0.39 is 0 Å². The first kappa shape index (κ1) is 17.9. The molecule has 0 N–H and O–H groups in total. The van der Waals surface area contributed by atoms with Crippen molar-refractivity contribution in [2.24, 2.45) is 0 Å². The standard InChI is InChI=1S/C20H27ClO2/c1-3-4-5-6-13-23-20-11-8-17-15-18(22-14-7-12-21)9-10-19(17)16(20)2/h8-11,15H,3-7,12-14H2,1-2H3. The normalized spacial score (nSPS) is 10.9. The van der Waals surface area contributed by atoms with Crippen LogP contribution in [0, 0.1) is 6.92 Å². The van der Waals surface area contributed by atoms with Crippen LogP contribution < -0.4 is 9.47 Å². The summed E-state index contributed by atoms with van der Waals surface area (Å²) in [6.07, 6.45) is 5.77. The summed E-state index contributed by atoms with van der Waals surface area (Å²) in [7, 11) is 0. The van der Waals surface area contributed by atoms with E-state index >= 15 is 0 Å². The van der Waals surface area contributed by atoms with Crippen LogP contribution in [0.3, 0.4) is 0 Å². The van der Waals surface area contributed by atoms with Gasteiger partial charge in [-0.25, -0.2) is 0 Å². The number of unbranched alkanes of at least 4 members (excludes halogenated alkanes) is 3. The molecule has 0 fully saturated rings. The molecule has 2 rings (SSSR count). The van der Waals surface area contributed by atoms with Crippen LogP contribution in [-0.2, 0) is 0 Å². The number of ether oxygens (including phenoxy) is 2. The molecule has 2 nitrogen and oxygen atoms in total. The van der Waals surface area contributed by atoms with Crippen LogP contribution in [0.4, 0.5) is 0 Å². The van der Waals surface area contributed by atoms with Gasteiger partial charge in [-0.15, -0.1) is 11.6 Å². The maximum absolute atomic E-state index is 5.96. The average molecular weight is 335 g/mol. The molecule has 0 aliphatic heterocycles. The van der Waals surface area contributed by atoms with Crippen molar-refractivity contribution in [3.63, 3.8) is 0 Å². The molecule has 0 unspecified atom stereocenters. The second-order valence-electron chi connectivity index (χ2n) is 5.87. The lowest BCUT2D eigenvalue weighted by Gasteiger charge is -2.12. The fourth-order valence-electron chi connectivity index (χ4n) is 2.65. The summed E-state index contributed by atoms with van der Waals surface area (Å²) in [6.45, 7) is 5.80. The van der Waals surface area contributed by atoms with E-state index in [1.165, 1.54) is 35.6 Å². The first-order valence-corrected chi connectivity index (χ1v) is 9.14. The molecule has 0 bridgehead atoms. The maximum atomic E-state index is 5.96. The average Bonchev–Trinajstić information content (AvgIpc) is 2.57. The van der Waals surface area contributed by atoms with Gasteiger partial charge in [0.2, 0.25) is 0 Å². The Kier molecular flexibility index (Phi) is 7.54. The molecule has 0 saturated heterocycles. The van der Waals surface area contributed by atoms with Crippen LogP contribution in [0.5, 0.6) is 11.5 Å². The fraction of sp³-hybridized carbons (Fsp3) is 0.500. The molecule has 0 atom stereocenters. The zero-order valence-corrected chi connectivity index (χ0v) is 15.0. The molecule has 3 heteroatoms. The lowest BCUT2D eigenvalue weighted by Crippen LogP contribution is -2.00. The largest absolute Gasteiger partial charge is 0.494 e. The highest BCUT2D eigenvalue weighted by Gasteiger charge is 2.06.